The summed E-state index contributed by atoms with van der Waals surface area (Å²) in [5.74, 6) is 0. The number of benzene rings is 2. The van der Waals surface area contributed by atoms with E-state index in [-0.39, 0.29) is 0 Å². The van der Waals surface area contributed by atoms with Gasteiger partial charge in [0.2, 0.25) is 0 Å². The molecule has 2 heterocycles. The van der Waals surface area contributed by atoms with Crippen LogP contribution in [0.3, 0.4) is 0 Å². The van der Waals surface area contributed by atoms with Gasteiger partial charge in [-0.3, -0.25) is 0 Å². The van der Waals surface area contributed by atoms with Crippen molar-refractivity contribution in [1.29, 1.82) is 0 Å². The van der Waals surface area contributed by atoms with Gasteiger partial charge >= 0.3 is 0 Å². The number of methoxy groups -OCH3 is 1. The van der Waals surface area contributed by atoms with E-state index in [9.17, 15) is 0 Å². The predicted octanol–water partition coefficient (Wildman–Crippen LogP) is 5.67. The van der Waals surface area contributed by atoms with Gasteiger partial charge in [0.25, 0.3) is 0 Å². The molecule has 2 aromatic carbocycles. The summed E-state index contributed by atoms with van der Waals surface area (Å²) in [5, 5.41) is 10.7. The SMILES string of the molecule is COCCCCCOC1CCN(c2ccc(-c3nnc(-c4ccccc4)s3)cc2)CC1. The summed E-state index contributed by atoms with van der Waals surface area (Å²) in [6.07, 6.45) is 6.02. The molecule has 3 aromatic rings. The number of unbranched alkanes of at least 4 members (excludes halogenated alkanes) is 2. The van der Waals surface area contributed by atoms with E-state index in [1.54, 1.807) is 18.4 Å². The zero-order chi connectivity index (χ0) is 21.3. The van der Waals surface area contributed by atoms with Crippen molar-refractivity contribution in [3.8, 4) is 21.1 Å². The maximum absolute atomic E-state index is 6.08. The van der Waals surface area contributed by atoms with E-state index in [4.69, 9.17) is 9.47 Å². The number of rotatable bonds is 10. The first-order valence-electron chi connectivity index (χ1n) is 11.2. The molecule has 1 saturated heterocycles. The van der Waals surface area contributed by atoms with Gasteiger partial charge in [-0.05, 0) is 56.4 Å². The minimum absolute atomic E-state index is 0.399. The van der Waals surface area contributed by atoms with E-state index in [1.165, 1.54) is 12.1 Å². The van der Waals surface area contributed by atoms with E-state index in [0.717, 1.165) is 73.1 Å². The van der Waals surface area contributed by atoms with Gasteiger partial charge in [0.15, 0.2) is 0 Å². The lowest BCUT2D eigenvalue weighted by Crippen LogP contribution is -2.37. The highest BCUT2D eigenvalue weighted by Crippen LogP contribution is 2.31. The molecule has 0 radical (unpaired) electrons. The molecule has 1 fully saturated rings. The number of ether oxygens (including phenoxy) is 2. The van der Waals surface area contributed by atoms with E-state index in [1.807, 2.05) is 18.2 Å². The Morgan fingerprint density at radius 3 is 2.16 bits per heavy atom. The van der Waals surface area contributed by atoms with Crippen molar-refractivity contribution in [2.75, 3.05) is 38.3 Å². The summed E-state index contributed by atoms with van der Waals surface area (Å²) in [6, 6.07) is 18.9. The van der Waals surface area contributed by atoms with Crippen LogP contribution in [0.15, 0.2) is 54.6 Å². The molecule has 0 atom stereocenters. The van der Waals surface area contributed by atoms with E-state index in [0.29, 0.717) is 6.10 Å². The molecule has 6 heteroatoms. The second-order valence-electron chi connectivity index (χ2n) is 7.94. The Balaban J connectivity index is 1.25. The fourth-order valence-corrected chi connectivity index (χ4v) is 4.76. The van der Waals surface area contributed by atoms with Gasteiger partial charge in [0, 0.05) is 50.2 Å². The molecule has 5 nitrogen and oxygen atoms in total. The molecule has 0 aliphatic carbocycles. The second kappa shape index (κ2) is 11.4. The van der Waals surface area contributed by atoms with Gasteiger partial charge in [-0.25, -0.2) is 0 Å². The van der Waals surface area contributed by atoms with Crippen LogP contribution in [0.2, 0.25) is 0 Å². The van der Waals surface area contributed by atoms with Crippen molar-refractivity contribution in [2.24, 2.45) is 0 Å². The molecular weight excluding hydrogens is 406 g/mol. The number of anilines is 1. The van der Waals surface area contributed by atoms with E-state index >= 15 is 0 Å². The number of hydrogen-bond donors (Lipinski definition) is 0. The lowest BCUT2D eigenvalue weighted by molar-refractivity contribution is 0.0341. The van der Waals surface area contributed by atoms with E-state index in [2.05, 4.69) is 51.5 Å². The molecule has 1 aliphatic heterocycles. The summed E-state index contributed by atoms with van der Waals surface area (Å²) >= 11 is 1.64. The van der Waals surface area contributed by atoms with Gasteiger partial charge in [-0.15, -0.1) is 10.2 Å². The minimum atomic E-state index is 0.399. The van der Waals surface area contributed by atoms with Crippen molar-refractivity contribution in [3.63, 3.8) is 0 Å². The Hall–Kier alpha value is -2.28. The second-order valence-corrected chi connectivity index (χ2v) is 8.91. The molecule has 0 bridgehead atoms. The first-order valence-corrected chi connectivity index (χ1v) is 12.0. The molecule has 1 aromatic heterocycles. The number of hydrogen-bond acceptors (Lipinski definition) is 6. The van der Waals surface area contributed by atoms with Gasteiger partial charge in [-0.1, -0.05) is 41.7 Å². The Labute approximate surface area is 189 Å². The highest BCUT2D eigenvalue weighted by atomic mass is 32.1. The van der Waals surface area contributed by atoms with Gasteiger partial charge < -0.3 is 14.4 Å². The lowest BCUT2D eigenvalue weighted by atomic mass is 10.1. The minimum Gasteiger partial charge on any atom is -0.385 e. The number of aromatic nitrogens is 2. The Bertz CT molecular complexity index is 906. The highest BCUT2D eigenvalue weighted by Gasteiger charge is 2.20. The molecule has 31 heavy (non-hydrogen) atoms. The zero-order valence-corrected chi connectivity index (χ0v) is 19.0. The van der Waals surface area contributed by atoms with Crippen LogP contribution < -0.4 is 4.90 Å². The molecule has 0 N–H and O–H groups in total. The largest absolute Gasteiger partial charge is 0.385 e. The van der Waals surface area contributed by atoms with Crippen LogP contribution in [0, 0.1) is 0 Å². The number of nitrogens with zero attached hydrogens (tertiary/aromatic N) is 3. The van der Waals surface area contributed by atoms with Crippen molar-refractivity contribution >= 4 is 17.0 Å². The van der Waals surface area contributed by atoms with Crippen LogP contribution in [-0.2, 0) is 9.47 Å². The van der Waals surface area contributed by atoms with Crippen molar-refractivity contribution in [2.45, 2.75) is 38.2 Å². The molecule has 0 amide bonds. The van der Waals surface area contributed by atoms with Crippen molar-refractivity contribution in [3.05, 3.63) is 54.6 Å². The molecule has 0 saturated carbocycles. The Morgan fingerprint density at radius 2 is 1.48 bits per heavy atom. The maximum Gasteiger partial charge on any atom is 0.148 e. The smallest absolute Gasteiger partial charge is 0.148 e. The van der Waals surface area contributed by atoms with Crippen LogP contribution >= 0.6 is 11.3 Å². The monoisotopic (exact) mass is 437 g/mol. The lowest BCUT2D eigenvalue weighted by Gasteiger charge is -2.33. The van der Waals surface area contributed by atoms with Gasteiger partial charge in [0.1, 0.15) is 10.0 Å². The summed E-state index contributed by atoms with van der Waals surface area (Å²) in [5.41, 5.74) is 3.51. The fraction of sp³-hybridized carbons (Fsp3) is 0.440. The summed E-state index contributed by atoms with van der Waals surface area (Å²) in [7, 11) is 1.76. The van der Waals surface area contributed by atoms with Crippen molar-refractivity contribution < 1.29 is 9.47 Å². The normalized spacial score (nSPS) is 14.8. The Kier molecular flexibility index (Phi) is 8.04. The van der Waals surface area contributed by atoms with E-state index < -0.39 is 0 Å². The van der Waals surface area contributed by atoms with Gasteiger partial charge in [0.05, 0.1) is 6.10 Å². The van der Waals surface area contributed by atoms with Crippen LogP contribution in [0.4, 0.5) is 5.69 Å². The topological polar surface area (TPSA) is 47.5 Å². The standard InChI is InChI=1S/C25H31N3O2S/c1-29-18-6-3-7-19-30-23-14-16-28(17-15-23)22-12-10-21(11-13-22)25-27-26-24(31-25)20-8-4-2-5-9-20/h2,4-5,8-13,23H,3,6-7,14-19H2,1H3. The summed E-state index contributed by atoms with van der Waals surface area (Å²) in [6.45, 7) is 3.82. The molecule has 164 valence electrons. The predicted molar refractivity (Wildman–Crippen MR) is 128 cm³/mol. The fourth-order valence-electron chi connectivity index (χ4n) is 3.91. The first-order chi connectivity index (χ1) is 15.3. The molecule has 0 unspecified atom stereocenters. The molecular formula is C25H31N3O2S. The number of piperidine rings is 1. The average Bonchev–Trinajstić information content (AvgIpc) is 3.33. The van der Waals surface area contributed by atoms with Crippen molar-refractivity contribution in [1.82, 2.24) is 10.2 Å². The summed E-state index contributed by atoms with van der Waals surface area (Å²) < 4.78 is 11.2. The van der Waals surface area contributed by atoms with Crippen LogP contribution in [-0.4, -0.2) is 49.7 Å². The molecule has 0 spiro atoms. The molecule has 1 aliphatic rings. The third-order valence-corrected chi connectivity index (χ3v) is 6.73. The third kappa shape index (κ3) is 6.12. The average molecular weight is 438 g/mol. The quantitative estimate of drug-likeness (QED) is 0.382. The van der Waals surface area contributed by atoms with Crippen LogP contribution in [0.5, 0.6) is 0 Å². The van der Waals surface area contributed by atoms with Crippen LogP contribution in [0.25, 0.3) is 21.1 Å². The maximum atomic E-state index is 6.08. The first kappa shape index (κ1) is 21.9. The zero-order valence-electron chi connectivity index (χ0n) is 18.2. The third-order valence-electron chi connectivity index (χ3n) is 5.71. The van der Waals surface area contributed by atoms with Gasteiger partial charge in [-0.2, -0.15) is 0 Å². The molecule has 4 rings (SSSR count). The summed E-state index contributed by atoms with van der Waals surface area (Å²) in [4.78, 5) is 2.46. The van der Waals surface area contributed by atoms with Crippen LogP contribution in [0.1, 0.15) is 32.1 Å². The highest BCUT2D eigenvalue weighted by molar-refractivity contribution is 7.17. The Morgan fingerprint density at radius 1 is 0.839 bits per heavy atom.